The number of phenolic OH excluding ortho intramolecular Hbond substituents is 1. The number of primary amides is 1. The van der Waals surface area contributed by atoms with E-state index in [0.717, 1.165) is 16.2 Å². The molecule has 0 saturated carbocycles. The van der Waals surface area contributed by atoms with Crippen LogP contribution in [-0.2, 0) is 0 Å². The van der Waals surface area contributed by atoms with Gasteiger partial charge < -0.3 is 20.3 Å². The zero-order valence-corrected chi connectivity index (χ0v) is 12.2. The number of amides is 1. The van der Waals surface area contributed by atoms with Crippen molar-refractivity contribution < 1.29 is 19.4 Å². The van der Waals surface area contributed by atoms with Gasteiger partial charge in [0.15, 0.2) is 11.5 Å². The maximum absolute atomic E-state index is 11.7. The Kier molecular flexibility index (Phi) is 3.25. The van der Waals surface area contributed by atoms with Crippen LogP contribution in [0, 0.1) is 0 Å². The van der Waals surface area contributed by atoms with E-state index in [9.17, 15) is 9.90 Å². The number of hydrogen-bond acceptors (Lipinski definition) is 4. The second-order valence-electron chi connectivity index (χ2n) is 4.95. The van der Waals surface area contributed by atoms with Gasteiger partial charge in [0, 0.05) is 5.56 Å². The summed E-state index contributed by atoms with van der Waals surface area (Å²) < 4.78 is 10.6. The van der Waals surface area contributed by atoms with Crippen LogP contribution in [-0.4, -0.2) is 25.2 Å². The van der Waals surface area contributed by atoms with Crippen LogP contribution in [0.5, 0.6) is 17.2 Å². The molecule has 1 amide bonds. The van der Waals surface area contributed by atoms with Crippen molar-refractivity contribution in [3.63, 3.8) is 0 Å². The smallest absolute Gasteiger partial charge is 0.249 e. The molecule has 0 radical (unpaired) electrons. The van der Waals surface area contributed by atoms with Gasteiger partial charge in [-0.2, -0.15) is 0 Å². The van der Waals surface area contributed by atoms with Crippen molar-refractivity contribution in [2.24, 2.45) is 5.73 Å². The molecule has 0 aliphatic rings. The molecule has 5 nitrogen and oxygen atoms in total. The van der Waals surface area contributed by atoms with Gasteiger partial charge in [0.25, 0.3) is 0 Å². The van der Waals surface area contributed by atoms with E-state index in [4.69, 9.17) is 15.2 Å². The van der Waals surface area contributed by atoms with Gasteiger partial charge in [-0.05, 0) is 57.9 Å². The Bertz CT molecular complexity index is 902. The predicted molar refractivity (Wildman–Crippen MR) is 84.7 cm³/mol. The van der Waals surface area contributed by atoms with Crippen LogP contribution < -0.4 is 15.2 Å². The molecule has 3 rings (SSSR count). The SMILES string of the molecule is COc1cc2cc(C(N)=O)c3ccc(O)cc3c2cc1OC. The van der Waals surface area contributed by atoms with E-state index >= 15 is 0 Å². The summed E-state index contributed by atoms with van der Waals surface area (Å²) >= 11 is 0. The van der Waals surface area contributed by atoms with Crippen LogP contribution in [0.4, 0.5) is 0 Å². The summed E-state index contributed by atoms with van der Waals surface area (Å²) in [5.41, 5.74) is 5.88. The number of hydrogen-bond donors (Lipinski definition) is 2. The standard InChI is InChI=1S/C17H15NO4/c1-21-15-6-9-5-14(17(18)20)11-4-3-10(19)7-13(11)12(9)8-16(15)22-2/h3-8,19H,1-2H3,(H2,18,20). The summed E-state index contributed by atoms with van der Waals surface area (Å²) in [6.07, 6.45) is 0. The molecular formula is C17H15NO4. The van der Waals surface area contributed by atoms with E-state index in [-0.39, 0.29) is 5.75 Å². The van der Waals surface area contributed by atoms with Crippen molar-refractivity contribution in [1.82, 2.24) is 0 Å². The quantitative estimate of drug-likeness (QED) is 0.728. The molecule has 0 saturated heterocycles. The van der Waals surface area contributed by atoms with E-state index in [2.05, 4.69) is 0 Å². The fourth-order valence-corrected chi connectivity index (χ4v) is 2.67. The summed E-state index contributed by atoms with van der Waals surface area (Å²) in [5, 5.41) is 12.8. The summed E-state index contributed by atoms with van der Waals surface area (Å²) in [6.45, 7) is 0. The zero-order chi connectivity index (χ0) is 15.9. The molecule has 3 N–H and O–H groups in total. The van der Waals surface area contributed by atoms with Gasteiger partial charge in [-0.1, -0.05) is 0 Å². The Morgan fingerprint density at radius 2 is 1.64 bits per heavy atom. The van der Waals surface area contributed by atoms with Crippen molar-refractivity contribution in [2.45, 2.75) is 0 Å². The van der Waals surface area contributed by atoms with Gasteiger partial charge in [0.1, 0.15) is 5.75 Å². The lowest BCUT2D eigenvalue weighted by Gasteiger charge is -2.13. The third-order valence-electron chi connectivity index (χ3n) is 3.70. The second kappa shape index (κ2) is 5.11. The topological polar surface area (TPSA) is 81.8 Å². The largest absolute Gasteiger partial charge is 0.508 e. The first-order valence-corrected chi connectivity index (χ1v) is 6.66. The Balaban J connectivity index is 2.51. The molecule has 3 aromatic carbocycles. The molecule has 0 aromatic heterocycles. The molecule has 0 aliphatic heterocycles. The summed E-state index contributed by atoms with van der Waals surface area (Å²) in [5.74, 6) is 0.731. The van der Waals surface area contributed by atoms with Crippen LogP contribution in [0.3, 0.4) is 0 Å². The third kappa shape index (κ3) is 2.07. The highest BCUT2D eigenvalue weighted by molar-refractivity contribution is 6.17. The van der Waals surface area contributed by atoms with Gasteiger partial charge in [0.05, 0.1) is 14.2 Å². The van der Waals surface area contributed by atoms with Crippen LogP contribution >= 0.6 is 0 Å². The molecule has 0 unspecified atom stereocenters. The maximum atomic E-state index is 11.7. The maximum Gasteiger partial charge on any atom is 0.249 e. The minimum absolute atomic E-state index is 0.116. The fraction of sp³-hybridized carbons (Fsp3) is 0.118. The van der Waals surface area contributed by atoms with Gasteiger partial charge >= 0.3 is 0 Å². The lowest BCUT2D eigenvalue weighted by molar-refractivity contribution is 0.100. The van der Waals surface area contributed by atoms with Crippen LogP contribution in [0.1, 0.15) is 10.4 Å². The molecule has 0 bridgehead atoms. The number of aromatic hydroxyl groups is 1. The Hall–Kier alpha value is -2.95. The van der Waals surface area contributed by atoms with Gasteiger partial charge in [-0.3, -0.25) is 4.79 Å². The first kappa shape index (κ1) is 14.0. The van der Waals surface area contributed by atoms with Gasteiger partial charge in [-0.25, -0.2) is 0 Å². The van der Waals surface area contributed by atoms with Crippen LogP contribution in [0.15, 0.2) is 36.4 Å². The fourth-order valence-electron chi connectivity index (χ4n) is 2.67. The summed E-state index contributed by atoms with van der Waals surface area (Å²) in [6, 6.07) is 10.1. The summed E-state index contributed by atoms with van der Waals surface area (Å²) in [7, 11) is 3.10. The lowest BCUT2D eigenvalue weighted by atomic mass is 9.96. The average molecular weight is 297 g/mol. The first-order valence-electron chi connectivity index (χ1n) is 6.66. The molecular weight excluding hydrogens is 282 g/mol. The van der Waals surface area contributed by atoms with Crippen molar-refractivity contribution in [3.8, 4) is 17.2 Å². The number of carbonyl (C=O) groups excluding carboxylic acids is 1. The number of phenols is 1. The molecule has 0 heterocycles. The number of ether oxygens (including phenoxy) is 2. The monoisotopic (exact) mass is 297 g/mol. The molecule has 0 aliphatic carbocycles. The Labute approximate surface area is 126 Å². The van der Waals surface area contributed by atoms with Crippen molar-refractivity contribution in [3.05, 3.63) is 42.0 Å². The number of nitrogens with two attached hydrogens (primary N) is 1. The Morgan fingerprint density at radius 1 is 0.955 bits per heavy atom. The molecule has 3 aromatic rings. The Morgan fingerprint density at radius 3 is 2.27 bits per heavy atom. The van der Waals surface area contributed by atoms with E-state index < -0.39 is 5.91 Å². The van der Waals surface area contributed by atoms with E-state index in [1.54, 1.807) is 38.5 Å². The highest BCUT2D eigenvalue weighted by Crippen LogP contribution is 2.38. The molecule has 0 atom stereocenters. The highest BCUT2D eigenvalue weighted by Gasteiger charge is 2.14. The van der Waals surface area contributed by atoms with Crippen LogP contribution in [0.25, 0.3) is 21.5 Å². The van der Waals surface area contributed by atoms with Crippen LogP contribution in [0.2, 0.25) is 0 Å². The molecule has 0 fully saturated rings. The van der Waals surface area contributed by atoms with E-state index in [1.165, 1.54) is 6.07 Å². The molecule has 5 heteroatoms. The van der Waals surface area contributed by atoms with Crippen molar-refractivity contribution in [2.75, 3.05) is 14.2 Å². The van der Waals surface area contributed by atoms with E-state index in [1.807, 2.05) is 6.07 Å². The molecule has 0 spiro atoms. The van der Waals surface area contributed by atoms with E-state index in [0.29, 0.717) is 22.4 Å². The first-order chi connectivity index (χ1) is 10.5. The lowest BCUT2D eigenvalue weighted by Crippen LogP contribution is -2.11. The minimum Gasteiger partial charge on any atom is -0.508 e. The number of fused-ring (bicyclic) bond motifs is 3. The van der Waals surface area contributed by atoms with Gasteiger partial charge in [-0.15, -0.1) is 0 Å². The third-order valence-corrected chi connectivity index (χ3v) is 3.70. The number of benzene rings is 3. The molecule has 112 valence electrons. The normalized spacial score (nSPS) is 10.8. The summed E-state index contributed by atoms with van der Waals surface area (Å²) in [4.78, 5) is 11.7. The number of rotatable bonds is 3. The minimum atomic E-state index is -0.521. The van der Waals surface area contributed by atoms with Gasteiger partial charge in [0.2, 0.25) is 5.91 Å². The average Bonchev–Trinajstić information content (AvgIpc) is 2.52. The molecule has 22 heavy (non-hydrogen) atoms. The van der Waals surface area contributed by atoms with Crippen molar-refractivity contribution >= 4 is 27.5 Å². The zero-order valence-electron chi connectivity index (χ0n) is 12.2. The number of carbonyl (C=O) groups is 1. The highest BCUT2D eigenvalue weighted by atomic mass is 16.5. The predicted octanol–water partition coefficient (Wildman–Crippen LogP) is 2.81. The van der Waals surface area contributed by atoms with Crippen molar-refractivity contribution in [1.29, 1.82) is 0 Å². The number of methoxy groups -OCH3 is 2. The second-order valence-corrected chi connectivity index (χ2v) is 4.95.